The quantitative estimate of drug-likeness (QED) is 0.759. The third kappa shape index (κ3) is 5.91. The maximum atomic E-state index is 12.1. The number of carbonyl (C=O) groups is 1. The molecule has 0 aliphatic carbocycles. The molecular formula is C13H26NO2Y-. The first-order valence-electron chi connectivity index (χ1n) is 5.96. The van der Waals surface area contributed by atoms with Gasteiger partial charge in [-0.2, -0.15) is 0 Å². The fourth-order valence-electron chi connectivity index (χ4n) is 1.58. The van der Waals surface area contributed by atoms with E-state index in [1.165, 1.54) is 0 Å². The Balaban J connectivity index is 0. The van der Waals surface area contributed by atoms with E-state index in [2.05, 4.69) is 6.92 Å². The molecule has 0 spiro atoms. The van der Waals surface area contributed by atoms with Crippen LogP contribution in [0, 0.1) is 18.8 Å². The summed E-state index contributed by atoms with van der Waals surface area (Å²) in [5, 5.41) is 10.1. The van der Waals surface area contributed by atoms with Crippen LogP contribution in [0.1, 0.15) is 34.6 Å². The van der Waals surface area contributed by atoms with Crippen LogP contribution in [0.15, 0.2) is 0 Å². The van der Waals surface area contributed by atoms with E-state index in [0.717, 1.165) is 0 Å². The van der Waals surface area contributed by atoms with Crippen molar-refractivity contribution in [1.29, 1.82) is 0 Å². The number of aliphatic hydroxyl groups excluding tert-OH is 1. The molecule has 99 valence electrons. The summed E-state index contributed by atoms with van der Waals surface area (Å²) in [6.45, 7) is 13.4. The van der Waals surface area contributed by atoms with Crippen LogP contribution in [-0.4, -0.2) is 41.0 Å². The molecule has 4 heteroatoms. The first kappa shape index (κ1) is 20.0. The molecule has 3 atom stereocenters. The van der Waals surface area contributed by atoms with Crippen molar-refractivity contribution >= 4 is 5.78 Å². The Morgan fingerprint density at radius 2 is 1.59 bits per heavy atom. The van der Waals surface area contributed by atoms with Crippen LogP contribution in [0.25, 0.3) is 0 Å². The van der Waals surface area contributed by atoms with Gasteiger partial charge in [0, 0.05) is 44.7 Å². The van der Waals surface area contributed by atoms with Crippen molar-refractivity contribution in [3.63, 3.8) is 0 Å². The molecule has 0 saturated heterocycles. The fourth-order valence-corrected chi connectivity index (χ4v) is 1.58. The molecular weight excluding hydrogens is 291 g/mol. The van der Waals surface area contributed by atoms with Gasteiger partial charge in [0.25, 0.3) is 0 Å². The summed E-state index contributed by atoms with van der Waals surface area (Å²) in [6.07, 6.45) is -0.706. The number of likely N-dealkylation sites (N-methyl/N-ethyl adjacent to an activating group) is 1. The van der Waals surface area contributed by atoms with Crippen molar-refractivity contribution in [2.45, 2.75) is 52.8 Å². The van der Waals surface area contributed by atoms with E-state index >= 15 is 0 Å². The van der Waals surface area contributed by atoms with E-state index in [1.807, 2.05) is 46.6 Å². The van der Waals surface area contributed by atoms with Crippen LogP contribution in [0.4, 0.5) is 0 Å². The Labute approximate surface area is 131 Å². The van der Waals surface area contributed by atoms with E-state index in [0.29, 0.717) is 0 Å². The summed E-state index contributed by atoms with van der Waals surface area (Å²) in [4.78, 5) is 14.0. The Morgan fingerprint density at radius 1 is 1.18 bits per heavy atom. The minimum atomic E-state index is -0.706. The van der Waals surface area contributed by atoms with Crippen molar-refractivity contribution in [1.82, 2.24) is 4.90 Å². The standard InChI is InChI=1S/C13H26NO2.Y/c1-8(2)12(15)11(13(16)9(3)4)14(7)10(5)6;/h8-12,15H,1H2,2-7H3;/q-1;/t8-,11?,12+;/m0./s1. The minimum Gasteiger partial charge on any atom is -0.393 e. The van der Waals surface area contributed by atoms with Crippen LogP contribution < -0.4 is 0 Å². The normalized spacial score (nSPS) is 16.9. The second kappa shape index (κ2) is 8.74. The monoisotopic (exact) mass is 317 g/mol. The average Bonchev–Trinajstić information content (AvgIpc) is 2.16. The van der Waals surface area contributed by atoms with Crippen LogP contribution in [0.3, 0.4) is 0 Å². The van der Waals surface area contributed by atoms with E-state index in [9.17, 15) is 9.90 Å². The summed E-state index contributed by atoms with van der Waals surface area (Å²) in [7, 11) is 1.88. The van der Waals surface area contributed by atoms with Gasteiger partial charge in [0.15, 0.2) is 5.78 Å². The van der Waals surface area contributed by atoms with Crippen molar-refractivity contribution in [2.24, 2.45) is 11.8 Å². The molecule has 0 heterocycles. The third-order valence-electron chi connectivity index (χ3n) is 3.02. The molecule has 0 bridgehead atoms. The SMILES string of the molecule is [CH2-][C@@H](C)[C@@H](O)C(C(=O)C(C)C)N(C)C(C)C.[Y]. The average molecular weight is 317 g/mol. The van der Waals surface area contributed by atoms with Gasteiger partial charge in [-0.25, -0.2) is 0 Å². The van der Waals surface area contributed by atoms with Crippen molar-refractivity contribution < 1.29 is 42.6 Å². The summed E-state index contributed by atoms with van der Waals surface area (Å²) in [6, 6.07) is -0.228. The zero-order valence-electron chi connectivity index (χ0n) is 12.0. The molecule has 1 radical (unpaired) electrons. The number of ketones is 1. The largest absolute Gasteiger partial charge is 0.393 e. The maximum absolute atomic E-state index is 12.1. The maximum Gasteiger partial charge on any atom is 0.155 e. The van der Waals surface area contributed by atoms with E-state index < -0.39 is 12.1 Å². The summed E-state index contributed by atoms with van der Waals surface area (Å²) < 4.78 is 0. The number of Topliss-reactive ketones (excluding diaryl/α,β-unsaturated/α-hetero) is 1. The molecule has 17 heavy (non-hydrogen) atoms. The molecule has 1 N–H and O–H groups in total. The number of hydrogen-bond acceptors (Lipinski definition) is 3. The van der Waals surface area contributed by atoms with Gasteiger partial charge in [0.2, 0.25) is 0 Å². The van der Waals surface area contributed by atoms with Gasteiger partial charge in [0.05, 0.1) is 12.1 Å². The Morgan fingerprint density at radius 3 is 1.82 bits per heavy atom. The predicted molar refractivity (Wildman–Crippen MR) is 67.1 cm³/mol. The molecule has 0 aromatic heterocycles. The van der Waals surface area contributed by atoms with E-state index in [-0.39, 0.29) is 56.4 Å². The van der Waals surface area contributed by atoms with Crippen LogP contribution in [-0.2, 0) is 37.5 Å². The van der Waals surface area contributed by atoms with Gasteiger partial charge in [0.1, 0.15) is 0 Å². The number of nitrogens with zero attached hydrogens (tertiary/aromatic N) is 1. The zero-order valence-corrected chi connectivity index (χ0v) is 14.8. The molecule has 0 aliphatic heterocycles. The molecule has 0 saturated carbocycles. The predicted octanol–water partition coefficient (Wildman–Crippen LogP) is 1.75. The topological polar surface area (TPSA) is 40.5 Å². The molecule has 0 rings (SSSR count). The van der Waals surface area contributed by atoms with Crippen LogP contribution >= 0.6 is 0 Å². The second-order valence-electron chi connectivity index (χ2n) is 5.23. The van der Waals surface area contributed by atoms with Gasteiger partial charge >= 0.3 is 0 Å². The van der Waals surface area contributed by atoms with Gasteiger partial charge in [-0.15, -0.1) is 5.92 Å². The zero-order chi connectivity index (χ0) is 13.0. The Hall–Kier alpha value is 0.694. The molecule has 0 amide bonds. The summed E-state index contributed by atoms with van der Waals surface area (Å²) >= 11 is 0. The first-order valence-corrected chi connectivity index (χ1v) is 5.96. The third-order valence-corrected chi connectivity index (χ3v) is 3.02. The van der Waals surface area contributed by atoms with Gasteiger partial charge < -0.3 is 12.0 Å². The van der Waals surface area contributed by atoms with Crippen molar-refractivity contribution in [3.05, 3.63) is 6.92 Å². The van der Waals surface area contributed by atoms with E-state index in [4.69, 9.17) is 0 Å². The van der Waals surface area contributed by atoms with Crippen molar-refractivity contribution in [2.75, 3.05) is 7.05 Å². The molecule has 1 unspecified atom stereocenters. The van der Waals surface area contributed by atoms with E-state index in [1.54, 1.807) is 0 Å². The van der Waals surface area contributed by atoms with Gasteiger partial charge in [-0.05, 0) is 20.9 Å². The Bertz CT molecular complexity index is 215. The smallest absolute Gasteiger partial charge is 0.155 e. The molecule has 0 aromatic rings. The minimum absolute atomic E-state index is 0. The number of hydrogen-bond donors (Lipinski definition) is 1. The molecule has 0 fully saturated rings. The number of carbonyl (C=O) groups excluding carboxylic acids is 1. The van der Waals surface area contributed by atoms with Crippen molar-refractivity contribution in [3.8, 4) is 0 Å². The summed E-state index contributed by atoms with van der Waals surface area (Å²) in [5.74, 6) is -0.146. The number of aliphatic hydroxyl groups is 1. The van der Waals surface area contributed by atoms with Gasteiger partial charge in [-0.1, -0.05) is 20.8 Å². The van der Waals surface area contributed by atoms with Crippen LogP contribution in [0.5, 0.6) is 0 Å². The number of rotatable bonds is 6. The van der Waals surface area contributed by atoms with Crippen LogP contribution in [0.2, 0.25) is 0 Å². The molecule has 0 aliphatic rings. The molecule has 0 aromatic carbocycles. The second-order valence-corrected chi connectivity index (χ2v) is 5.23. The van der Waals surface area contributed by atoms with Gasteiger partial charge in [-0.3, -0.25) is 9.69 Å². The first-order chi connectivity index (χ1) is 7.20. The fraction of sp³-hybridized carbons (Fsp3) is 0.846. The molecule has 3 nitrogen and oxygen atoms in total. The summed E-state index contributed by atoms with van der Waals surface area (Å²) in [5.41, 5.74) is 0. The Kier molecular flexibility index (Phi) is 10.3.